The number of aromatic nitrogens is 1. The summed E-state index contributed by atoms with van der Waals surface area (Å²) >= 11 is 1.92. The number of anilines is 1. The number of fused-ring (bicyclic) bond motifs is 1. The number of aryl methyl sites for hydroxylation is 1. The average Bonchev–Trinajstić information content (AvgIpc) is 3.11. The maximum atomic E-state index is 5.30. The van der Waals surface area contributed by atoms with E-state index in [-0.39, 0.29) is 0 Å². The Morgan fingerprint density at radius 2 is 2.33 bits per heavy atom. The highest BCUT2D eigenvalue weighted by Crippen LogP contribution is 2.38. The van der Waals surface area contributed by atoms with Gasteiger partial charge in [0, 0.05) is 37.0 Å². The van der Waals surface area contributed by atoms with Gasteiger partial charge < -0.3 is 15.0 Å². The van der Waals surface area contributed by atoms with Crippen molar-refractivity contribution in [3.05, 3.63) is 10.6 Å². The third-order valence-corrected chi connectivity index (χ3v) is 5.81. The zero-order chi connectivity index (χ0) is 14.7. The molecule has 0 amide bonds. The monoisotopic (exact) mass is 309 g/mol. The van der Waals surface area contributed by atoms with Gasteiger partial charge in [0.1, 0.15) is 0 Å². The molecule has 1 aromatic rings. The lowest BCUT2D eigenvalue weighted by Gasteiger charge is -2.22. The van der Waals surface area contributed by atoms with E-state index in [2.05, 4.69) is 17.1 Å². The minimum absolute atomic E-state index is 0.539. The normalized spacial score (nSPS) is 25.3. The Labute approximate surface area is 131 Å². The molecular weight excluding hydrogens is 282 g/mol. The number of thiazole rings is 1. The van der Waals surface area contributed by atoms with Gasteiger partial charge in [0.05, 0.1) is 12.3 Å². The largest absolute Gasteiger partial charge is 0.384 e. The molecule has 21 heavy (non-hydrogen) atoms. The zero-order valence-corrected chi connectivity index (χ0v) is 14.0. The van der Waals surface area contributed by atoms with E-state index in [1.807, 2.05) is 11.3 Å². The van der Waals surface area contributed by atoms with E-state index in [9.17, 15) is 0 Å². The number of nitrogens with zero attached hydrogens (tertiary/aromatic N) is 2. The SMILES string of the molecule is CCCNC1CCCc2nc(N3CCC(COC)C3)sc21. The van der Waals surface area contributed by atoms with Crippen LogP contribution in [0.1, 0.15) is 49.2 Å². The predicted octanol–water partition coefficient (Wildman–Crippen LogP) is 2.99. The molecule has 4 nitrogen and oxygen atoms in total. The third kappa shape index (κ3) is 3.41. The fourth-order valence-corrected chi connectivity index (χ4v) is 4.69. The summed E-state index contributed by atoms with van der Waals surface area (Å²) in [5, 5.41) is 4.93. The molecule has 0 aromatic carbocycles. The van der Waals surface area contributed by atoms with Crippen LogP contribution in [0.5, 0.6) is 0 Å². The van der Waals surface area contributed by atoms with Gasteiger partial charge in [-0.25, -0.2) is 4.98 Å². The van der Waals surface area contributed by atoms with E-state index in [4.69, 9.17) is 9.72 Å². The lowest BCUT2D eigenvalue weighted by Crippen LogP contribution is -2.24. The highest BCUT2D eigenvalue weighted by atomic mass is 32.1. The van der Waals surface area contributed by atoms with Gasteiger partial charge in [0.25, 0.3) is 0 Å². The predicted molar refractivity (Wildman–Crippen MR) is 88.3 cm³/mol. The van der Waals surface area contributed by atoms with Gasteiger partial charge in [-0.05, 0) is 38.6 Å². The fourth-order valence-electron chi connectivity index (χ4n) is 3.43. The van der Waals surface area contributed by atoms with Crippen LogP contribution in [0.15, 0.2) is 0 Å². The minimum atomic E-state index is 0.539. The number of rotatable bonds is 6. The molecule has 1 N–H and O–H groups in total. The Morgan fingerprint density at radius 3 is 3.14 bits per heavy atom. The first kappa shape index (κ1) is 15.3. The van der Waals surface area contributed by atoms with Gasteiger partial charge in [-0.2, -0.15) is 0 Å². The van der Waals surface area contributed by atoms with Crippen LogP contribution in [0.4, 0.5) is 5.13 Å². The first-order valence-corrected chi connectivity index (χ1v) is 9.10. The molecule has 1 aliphatic carbocycles. The highest BCUT2D eigenvalue weighted by molar-refractivity contribution is 7.15. The average molecular weight is 309 g/mol. The first-order valence-electron chi connectivity index (χ1n) is 8.28. The van der Waals surface area contributed by atoms with Crippen LogP contribution >= 0.6 is 11.3 Å². The second-order valence-corrected chi connectivity index (χ2v) is 7.27. The number of nitrogens with one attached hydrogen (secondary N) is 1. The Balaban J connectivity index is 1.70. The number of hydrogen-bond donors (Lipinski definition) is 1. The zero-order valence-electron chi connectivity index (χ0n) is 13.2. The molecule has 2 atom stereocenters. The Morgan fingerprint density at radius 1 is 1.43 bits per heavy atom. The van der Waals surface area contributed by atoms with Crippen LogP contribution in [0.2, 0.25) is 0 Å². The summed E-state index contributed by atoms with van der Waals surface area (Å²) in [6.45, 7) is 6.45. The van der Waals surface area contributed by atoms with E-state index >= 15 is 0 Å². The van der Waals surface area contributed by atoms with Crippen LogP contribution in [-0.4, -0.2) is 38.3 Å². The van der Waals surface area contributed by atoms with E-state index in [0.717, 1.165) is 32.7 Å². The quantitative estimate of drug-likeness (QED) is 0.876. The van der Waals surface area contributed by atoms with Crippen molar-refractivity contribution in [2.75, 3.05) is 38.3 Å². The van der Waals surface area contributed by atoms with Gasteiger partial charge in [-0.3, -0.25) is 0 Å². The molecule has 118 valence electrons. The molecule has 2 unspecified atom stereocenters. The standard InChI is InChI=1S/C16H27N3OS/c1-3-8-17-13-5-4-6-14-15(13)21-16(18-14)19-9-7-12(10-19)11-20-2/h12-13,17H,3-11H2,1-2H3. The van der Waals surface area contributed by atoms with Crippen molar-refractivity contribution in [3.63, 3.8) is 0 Å². The van der Waals surface area contributed by atoms with Gasteiger partial charge in [0.15, 0.2) is 5.13 Å². The van der Waals surface area contributed by atoms with Gasteiger partial charge in [0.2, 0.25) is 0 Å². The van der Waals surface area contributed by atoms with Crippen molar-refractivity contribution >= 4 is 16.5 Å². The smallest absolute Gasteiger partial charge is 0.185 e. The molecule has 0 bridgehead atoms. The van der Waals surface area contributed by atoms with Crippen molar-refractivity contribution in [1.82, 2.24) is 10.3 Å². The number of ether oxygens (including phenoxy) is 1. The van der Waals surface area contributed by atoms with E-state index in [1.165, 1.54) is 41.4 Å². The van der Waals surface area contributed by atoms with Crippen molar-refractivity contribution in [2.45, 2.75) is 45.1 Å². The summed E-state index contributed by atoms with van der Waals surface area (Å²) in [5.74, 6) is 0.671. The molecule has 0 saturated carbocycles. The second kappa shape index (κ2) is 7.07. The van der Waals surface area contributed by atoms with E-state index in [1.54, 1.807) is 7.11 Å². The molecule has 5 heteroatoms. The van der Waals surface area contributed by atoms with Gasteiger partial charge >= 0.3 is 0 Å². The summed E-state index contributed by atoms with van der Waals surface area (Å²) in [4.78, 5) is 8.91. The van der Waals surface area contributed by atoms with Crippen molar-refractivity contribution in [2.24, 2.45) is 5.92 Å². The molecule has 1 aromatic heterocycles. The van der Waals surface area contributed by atoms with Crippen molar-refractivity contribution in [3.8, 4) is 0 Å². The molecule has 1 fully saturated rings. The topological polar surface area (TPSA) is 37.4 Å². The van der Waals surface area contributed by atoms with Crippen molar-refractivity contribution < 1.29 is 4.74 Å². The molecule has 1 aliphatic heterocycles. The highest BCUT2D eigenvalue weighted by Gasteiger charge is 2.29. The third-order valence-electron chi connectivity index (χ3n) is 4.54. The fraction of sp³-hybridized carbons (Fsp3) is 0.812. The number of hydrogen-bond acceptors (Lipinski definition) is 5. The van der Waals surface area contributed by atoms with Gasteiger partial charge in [-0.1, -0.05) is 18.3 Å². The van der Waals surface area contributed by atoms with Crippen molar-refractivity contribution in [1.29, 1.82) is 0 Å². The summed E-state index contributed by atoms with van der Waals surface area (Å²) < 4.78 is 5.30. The van der Waals surface area contributed by atoms with Crippen LogP contribution < -0.4 is 10.2 Å². The first-order chi connectivity index (χ1) is 10.3. The maximum Gasteiger partial charge on any atom is 0.185 e. The molecule has 0 spiro atoms. The van der Waals surface area contributed by atoms with Crippen LogP contribution in [-0.2, 0) is 11.2 Å². The van der Waals surface area contributed by atoms with Crippen LogP contribution in [0, 0.1) is 5.92 Å². The summed E-state index contributed by atoms with van der Waals surface area (Å²) in [7, 11) is 1.80. The Bertz CT molecular complexity index is 462. The second-order valence-electron chi connectivity index (χ2n) is 6.26. The Hall–Kier alpha value is -0.650. The minimum Gasteiger partial charge on any atom is -0.384 e. The molecule has 3 rings (SSSR count). The molecule has 2 aliphatic rings. The van der Waals surface area contributed by atoms with Gasteiger partial charge in [-0.15, -0.1) is 0 Å². The Kier molecular flexibility index (Phi) is 5.14. The van der Waals surface area contributed by atoms with E-state index in [0.29, 0.717) is 12.0 Å². The molecule has 2 heterocycles. The molecule has 1 saturated heterocycles. The van der Waals surface area contributed by atoms with E-state index < -0.39 is 0 Å². The summed E-state index contributed by atoms with van der Waals surface area (Å²) in [6.07, 6.45) is 6.12. The lowest BCUT2D eigenvalue weighted by molar-refractivity contribution is 0.161. The maximum absolute atomic E-state index is 5.30. The summed E-state index contributed by atoms with van der Waals surface area (Å²) in [5.41, 5.74) is 1.35. The molecule has 0 radical (unpaired) electrons. The lowest BCUT2D eigenvalue weighted by atomic mass is 9.98. The van der Waals surface area contributed by atoms with Crippen LogP contribution in [0.25, 0.3) is 0 Å². The number of methoxy groups -OCH3 is 1. The summed E-state index contributed by atoms with van der Waals surface area (Å²) in [6, 6.07) is 0.539. The molecular formula is C16H27N3OS. The van der Waals surface area contributed by atoms with Crippen LogP contribution in [0.3, 0.4) is 0 Å².